The van der Waals surface area contributed by atoms with Gasteiger partial charge in [-0.05, 0) is 48.7 Å². The van der Waals surface area contributed by atoms with E-state index in [-0.39, 0.29) is 6.10 Å². The van der Waals surface area contributed by atoms with E-state index in [9.17, 15) is 5.11 Å². The van der Waals surface area contributed by atoms with Crippen LogP contribution < -0.4 is 0 Å². The number of aliphatic hydroxyl groups excluding tert-OH is 1. The number of hydrogen-bond acceptors (Lipinski definition) is 3. The number of halogens is 2. The quantitative estimate of drug-likeness (QED) is 0.343. The van der Waals surface area contributed by atoms with Gasteiger partial charge in [-0.25, -0.2) is 0 Å². The average Bonchev–Trinajstić information content (AvgIpc) is 3.00. The first-order valence-corrected chi connectivity index (χ1v) is 11.1. The van der Waals surface area contributed by atoms with Crippen LogP contribution in [0.1, 0.15) is 12.8 Å². The Kier molecular flexibility index (Phi) is 5.81. The van der Waals surface area contributed by atoms with E-state index < -0.39 is 0 Å². The van der Waals surface area contributed by atoms with Crippen molar-refractivity contribution in [3.8, 4) is 11.3 Å². The molecule has 3 nitrogen and oxygen atoms in total. The summed E-state index contributed by atoms with van der Waals surface area (Å²) in [4.78, 5) is 6.69. The number of nitrogens with one attached hydrogen (secondary N) is 1. The van der Waals surface area contributed by atoms with Crippen LogP contribution in [0.4, 0.5) is 0 Å². The Balaban J connectivity index is 1.75. The second kappa shape index (κ2) is 8.13. The lowest BCUT2D eigenvalue weighted by atomic mass is 10.1. The zero-order valence-electron chi connectivity index (χ0n) is 14.4. The standard InChI is InChI=1S/C20H18BrClN2OS2/c21-13-5-3-12(4-6-13)18-19(16-10-14(22)7-8-17(16)23-18)27-20(26)24-9-1-2-15(25)11-24/h3-8,10,15,23,25H,1-2,9,11H2/t15-/m0/s1. The number of aromatic nitrogens is 1. The van der Waals surface area contributed by atoms with E-state index >= 15 is 0 Å². The number of likely N-dealkylation sites (tertiary alicyclic amines) is 1. The largest absolute Gasteiger partial charge is 0.391 e. The molecular formula is C20H18BrClN2OS2. The maximum absolute atomic E-state index is 9.98. The summed E-state index contributed by atoms with van der Waals surface area (Å²) < 4.78 is 1.82. The number of benzene rings is 2. The van der Waals surface area contributed by atoms with E-state index in [0.29, 0.717) is 11.6 Å². The molecule has 0 aliphatic carbocycles. The zero-order chi connectivity index (χ0) is 19.0. The molecule has 1 aliphatic heterocycles. The Morgan fingerprint density at radius 3 is 2.78 bits per heavy atom. The summed E-state index contributed by atoms with van der Waals surface area (Å²) in [6, 6.07) is 14.1. The molecule has 1 aliphatic rings. The van der Waals surface area contributed by atoms with E-state index in [1.54, 1.807) is 11.8 Å². The van der Waals surface area contributed by atoms with Gasteiger partial charge in [0.25, 0.3) is 0 Å². The van der Waals surface area contributed by atoms with Crippen molar-refractivity contribution < 1.29 is 5.11 Å². The van der Waals surface area contributed by atoms with Crippen LogP contribution in [0.5, 0.6) is 0 Å². The number of thiocarbonyl (C=S) groups is 1. The number of H-pyrrole nitrogens is 1. The van der Waals surface area contributed by atoms with Crippen molar-refractivity contribution in [2.24, 2.45) is 0 Å². The predicted octanol–water partition coefficient (Wildman–Crippen LogP) is 6.08. The van der Waals surface area contributed by atoms with Gasteiger partial charge in [-0.15, -0.1) is 0 Å². The van der Waals surface area contributed by atoms with Gasteiger partial charge in [0.2, 0.25) is 0 Å². The molecule has 3 aromatic rings. The Morgan fingerprint density at radius 1 is 1.26 bits per heavy atom. The van der Waals surface area contributed by atoms with Gasteiger partial charge < -0.3 is 15.0 Å². The normalized spacial score (nSPS) is 17.4. The average molecular weight is 482 g/mol. The number of hydrogen-bond donors (Lipinski definition) is 2. The molecule has 0 bridgehead atoms. The summed E-state index contributed by atoms with van der Waals surface area (Å²) in [5.41, 5.74) is 3.15. The van der Waals surface area contributed by atoms with Crippen molar-refractivity contribution >= 4 is 66.7 Å². The van der Waals surface area contributed by atoms with Crippen molar-refractivity contribution in [2.75, 3.05) is 13.1 Å². The van der Waals surface area contributed by atoms with Crippen molar-refractivity contribution in [1.82, 2.24) is 9.88 Å². The fourth-order valence-corrected chi connectivity index (χ4v) is 5.21. The molecule has 27 heavy (non-hydrogen) atoms. The third-order valence-electron chi connectivity index (χ3n) is 4.69. The summed E-state index contributed by atoms with van der Waals surface area (Å²) in [6.45, 7) is 1.49. The number of nitrogens with zero attached hydrogens (tertiary/aromatic N) is 1. The minimum absolute atomic E-state index is 0.305. The third kappa shape index (κ3) is 4.20. The van der Waals surface area contributed by atoms with Gasteiger partial charge in [0.15, 0.2) is 0 Å². The van der Waals surface area contributed by atoms with E-state index in [1.165, 1.54) is 0 Å². The highest BCUT2D eigenvalue weighted by Crippen LogP contribution is 2.40. The van der Waals surface area contributed by atoms with Gasteiger partial charge in [-0.3, -0.25) is 0 Å². The second-order valence-corrected chi connectivity index (χ2v) is 9.63. The molecule has 1 atom stereocenters. The first kappa shape index (κ1) is 19.3. The van der Waals surface area contributed by atoms with Gasteiger partial charge in [-0.2, -0.15) is 0 Å². The second-order valence-electron chi connectivity index (χ2n) is 6.64. The maximum atomic E-state index is 9.98. The van der Waals surface area contributed by atoms with E-state index in [4.69, 9.17) is 23.8 Å². The molecule has 0 radical (unpaired) electrons. The Bertz CT molecular complexity index is 990. The van der Waals surface area contributed by atoms with Gasteiger partial charge in [-0.1, -0.05) is 63.6 Å². The molecule has 1 fully saturated rings. The molecule has 2 N–H and O–H groups in total. The highest BCUT2D eigenvalue weighted by molar-refractivity contribution is 9.10. The molecule has 7 heteroatoms. The first-order chi connectivity index (χ1) is 13.0. The fourth-order valence-electron chi connectivity index (χ4n) is 3.34. The molecule has 2 heterocycles. The third-order valence-corrected chi connectivity index (χ3v) is 7.02. The highest BCUT2D eigenvalue weighted by atomic mass is 79.9. The van der Waals surface area contributed by atoms with Crippen LogP contribution >= 0.6 is 51.5 Å². The van der Waals surface area contributed by atoms with Crippen LogP contribution in [-0.4, -0.2) is 38.5 Å². The van der Waals surface area contributed by atoms with Crippen molar-refractivity contribution in [3.05, 3.63) is 52.0 Å². The highest BCUT2D eigenvalue weighted by Gasteiger charge is 2.23. The molecule has 4 rings (SSSR count). The van der Waals surface area contributed by atoms with E-state index in [0.717, 1.165) is 55.2 Å². The number of thioether (sulfide) groups is 1. The molecule has 140 valence electrons. The van der Waals surface area contributed by atoms with Crippen LogP contribution in [0.3, 0.4) is 0 Å². The lowest BCUT2D eigenvalue weighted by Crippen LogP contribution is -2.40. The van der Waals surface area contributed by atoms with Crippen LogP contribution in [0.2, 0.25) is 5.02 Å². The molecule has 1 saturated heterocycles. The molecule has 0 spiro atoms. The summed E-state index contributed by atoms with van der Waals surface area (Å²) in [7, 11) is 0. The minimum Gasteiger partial charge on any atom is -0.391 e. The summed E-state index contributed by atoms with van der Waals surface area (Å²) in [6.07, 6.45) is 1.50. The van der Waals surface area contributed by atoms with Gasteiger partial charge in [0.05, 0.1) is 11.8 Å². The van der Waals surface area contributed by atoms with Gasteiger partial charge in [0, 0.05) is 38.4 Å². The number of fused-ring (bicyclic) bond motifs is 1. The van der Waals surface area contributed by atoms with Crippen molar-refractivity contribution in [2.45, 2.75) is 23.8 Å². The van der Waals surface area contributed by atoms with Crippen LogP contribution in [0.25, 0.3) is 22.2 Å². The van der Waals surface area contributed by atoms with Crippen LogP contribution in [0.15, 0.2) is 51.8 Å². The fraction of sp³-hybridized carbons (Fsp3) is 0.250. The molecule has 0 amide bonds. The van der Waals surface area contributed by atoms with Crippen molar-refractivity contribution in [1.29, 1.82) is 0 Å². The predicted molar refractivity (Wildman–Crippen MR) is 122 cm³/mol. The Morgan fingerprint density at radius 2 is 2.04 bits per heavy atom. The summed E-state index contributed by atoms with van der Waals surface area (Å²) >= 11 is 17.1. The van der Waals surface area contributed by atoms with Crippen molar-refractivity contribution in [3.63, 3.8) is 0 Å². The SMILES string of the molecule is O[C@H]1CCCN(C(=S)Sc2c(-c3ccc(Br)cc3)[nH]c3ccc(Cl)cc23)C1. The zero-order valence-corrected chi connectivity index (χ0v) is 18.4. The number of piperidine rings is 1. The maximum Gasteiger partial charge on any atom is 0.141 e. The molecule has 0 unspecified atom stereocenters. The molecular weight excluding hydrogens is 464 g/mol. The Hall–Kier alpha value is -1.05. The molecule has 2 aromatic carbocycles. The van der Waals surface area contributed by atoms with E-state index in [2.05, 4.69) is 37.9 Å². The van der Waals surface area contributed by atoms with Crippen LogP contribution in [0, 0.1) is 0 Å². The Labute approximate surface area is 181 Å². The number of aromatic amines is 1. The topological polar surface area (TPSA) is 39.3 Å². The first-order valence-electron chi connectivity index (χ1n) is 8.73. The lowest BCUT2D eigenvalue weighted by molar-refractivity contribution is 0.105. The smallest absolute Gasteiger partial charge is 0.141 e. The monoisotopic (exact) mass is 480 g/mol. The molecule has 0 saturated carbocycles. The minimum atomic E-state index is -0.305. The van der Waals surface area contributed by atoms with Crippen LogP contribution in [-0.2, 0) is 0 Å². The van der Waals surface area contributed by atoms with E-state index in [1.807, 2.05) is 30.3 Å². The van der Waals surface area contributed by atoms with Gasteiger partial charge >= 0.3 is 0 Å². The van der Waals surface area contributed by atoms with Gasteiger partial charge in [0.1, 0.15) is 4.32 Å². The number of rotatable bonds is 2. The number of aliphatic hydroxyl groups is 1. The lowest BCUT2D eigenvalue weighted by Gasteiger charge is -2.31. The summed E-state index contributed by atoms with van der Waals surface area (Å²) in [5.74, 6) is 0. The number of β-amino-alcohol motifs (C(OH)–C–C–N with tert-alkyl or cyclic N) is 1. The summed E-state index contributed by atoms with van der Waals surface area (Å²) in [5, 5.41) is 11.7. The molecule has 1 aromatic heterocycles.